The Hall–Kier alpha value is -1.17. The first-order chi connectivity index (χ1) is 10.9. The number of carbonyl (C=O) groups excluding carboxylic acids is 1. The third-order valence-corrected chi connectivity index (χ3v) is 6.65. The van der Waals surface area contributed by atoms with Crippen LogP contribution in [0.25, 0.3) is 0 Å². The zero-order valence-corrected chi connectivity index (χ0v) is 14.8. The molecule has 0 aromatic carbocycles. The summed E-state index contributed by atoms with van der Waals surface area (Å²) >= 11 is 0. The molecule has 0 spiro atoms. The summed E-state index contributed by atoms with van der Waals surface area (Å²) in [4.78, 5) is 13.9. The molecule has 2 rings (SSSR count). The first-order valence-electron chi connectivity index (χ1n) is 8.26. The standard InChI is InChI=1S/C15H26N4O3S/c1-13(11-16)12-17(2)23(21,22)18-9-6-14(7-10-18)19-8-4-3-5-15(19)20/h13-14H,3-10,12H2,1-2H3/t13-/m1/s1. The predicted molar refractivity (Wildman–Crippen MR) is 86.5 cm³/mol. The van der Waals surface area contributed by atoms with Gasteiger partial charge < -0.3 is 4.90 Å². The Labute approximate surface area is 139 Å². The molecule has 0 unspecified atom stereocenters. The van der Waals surface area contributed by atoms with Crippen molar-refractivity contribution in [2.75, 3.05) is 33.2 Å². The number of hydrogen-bond donors (Lipinski definition) is 0. The molecule has 0 radical (unpaired) electrons. The third-order valence-electron chi connectivity index (χ3n) is 4.70. The van der Waals surface area contributed by atoms with Crippen molar-refractivity contribution >= 4 is 16.1 Å². The second-order valence-electron chi connectivity index (χ2n) is 6.49. The topological polar surface area (TPSA) is 84.7 Å². The Bertz CT molecular complexity index is 564. The molecular weight excluding hydrogens is 316 g/mol. The van der Waals surface area contributed by atoms with Gasteiger partial charge in [0.1, 0.15) is 0 Å². The van der Waals surface area contributed by atoms with E-state index in [2.05, 4.69) is 6.07 Å². The van der Waals surface area contributed by atoms with E-state index in [1.807, 2.05) is 4.90 Å². The second-order valence-corrected chi connectivity index (χ2v) is 8.53. The van der Waals surface area contributed by atoms with Crippen LogP contribution in [-0.2, 0) is 15.0 Å². The lowest BCUT2D eigenvalue weighted by atomic mass is 10.0. The fourth-order valence-electron chi connectivity index (χ4n) is 3.32. The summed E-state index contributed by atoms with van der Waals surface area (Å²) in [6.45, 7) is 3.57. The van der Waals surface area contributed by atoms with Gasteiger partial charge in [0.15, 0.2) is 0 Å². The highest BCUT2D eigenvalue weighted by molar-refractivity contribution is 7.86. The molecule has 1 atom stereocenters. The average molecular weight is 342 g/mol. The van der Waals surface area contributed by atoms with E-state index in [0.29, 0.717) is 32.4 Å². The molecule has 0 aromatic heterocycles. The highest BCUT2D eigenvalue weighted by atomic mass is 32.2. The highest BCUT2D eigenvalue weighted by Crippen LogP contribution is 2.24. The van der Waals surface area contributed by atoms with Crippen molar-refractivity contribution in [3.8, 4) is 6.07 Å². The third kappa shape index (κ3) is 4.22. The summed E-state index contributed by atoms with van der Waals surface area (Å²) in [6, 6.07) is 2.22. The maximum absolute atomic E-state index is 12.5. The number of likely N-dealkylation sites (tertiary alicyclic amines) is 1. The first kappa shape index (κ1) is 18.2. The summed E-state index contributed by atoms with van der Waals surface area (Å²) < 4.78 is 27.8. The second kappa shape index (κ2) is 7.60. The quantitative estimate of drug-likeness (QED) is 0.740. The Kier molecular flexibility index (Phi) is 6.00. The van der Waals surface area contributed by atoms with Gasteiger partial charge in [-0.15, -0.1) is 0 Å². The zero-order valence-electron chi connectivity index (χ0n) is 13.9. The monoisotopic (exact) mass is 342 g/mol. The van der Waals surface area contributed by atoms with Crippen LogP contribution >= 0.6 is 0 Å². The molecule has 0 saturated carbocycles. The summed E-state index contributed by atoms with van der Waals surface area (Å²) in [5.74, 6) is -0.129. The summed E-state index contributed by atoms with van der Waals surface area (Å²) in [5.41, 5.74) is 0. The van der Waals surface area contributed by atoms with Gasteiger partial charge in [-0.1, -0.05) is 0 Å². The van der Waals surface area contributed by atoms with E-state index in [1.54, 1.807) is 6.92 Å². The van der Waals surface area contributed by atoms with Gasteiger partial charge in [0.05, 0.1) is 12.0 Å². The molecule has 2 aliphatic heterocycles. The van der Waals surface area contributed by atoms with E-state index >= 15 is 0 Å². The van der Waals surface area contributed by atoms with Crippen molar-refractivity contribution in [3.05, 3.63) is 0 Å². The zero-order chi connectivity index (χ0) is 17.0. The molecule has 130 valence electrons. The molecule has 2 aliphatic rings. The SMILES string of the molecule is C[C@H](C#N)CN(C)S(=O)(=O)N1CCC(N2CCCCC2=O)CC1. The molecule has 0 bridgehead atoms. The van der Waals surface area contributed by atoms with Crippen LogP contribution in [0.1, 0.15) is 39.0 Å². The number of amides is 1. The van der Waals surface area contributed by atoms with Crippen molar-refractivity contribution < 1.29 is 13.2 Å². The van der Waals surface area contributed by atoms with Crippen molar-refractivity contribution in [2.45, 2.75) is 45.1 Å². The van der Waals surface area contributed by atoms with Crippen LogP contribution in [0.15, 0.2) is 0 Å². The number of nitrogens with zero attached hydrogens (tertiary/aromatic N) is 4. The van der Waals surface area contributed by atoms with Crippen LogP contribution in [-0.4, -0.2) is 67.1 Å². The van der Waals surface area contributed by atoms with Gasteiger partial charge in [0, 0.05) is 45.7 Å². The van der Waals surface area contributed by atoms with Gasteiger partial charge in [0.2, 0.25) is 5.91 Å². The largest absolute Gasteiger partial charge is 0.340 e. The molecular formula is C15H26N4O3S. The minimum Gasteiger partial charge on any atom is -0.340 e. The molecule has 2 fully saturated rings. The minimum absolute atomic E-state index is 0.164. The molecule has 0 aromatic rings. The van der Waals surface area contributed by atoms with Crippen molar-refractivity contribution in [3.63, 3.8) is 0 Å². The fraction of sp³-hybridized carbons (Fsp3) is 0.867. The maximum atomic E-state index is 12.5. The van der Waals surface area contributed by atoms with Crippen LogP contribution in [0.3, 0.4) is 0 Å². The van der Waals surface area contributed by atoms with Gasteiger partial charge in [0.25, 0.3) is 10.2 Å². The number of rotatable bonds is 5. The minimum atomic E-state index is -3.52. The normalized spacial score (nSPS) is 23.0. The van der Waals surface area contributed by atoms with Crippen molar-refractivity contribution in [1.82, 2.24) is 13.5 Å². The molecule has 0 N–H and O–H groups in total. The van der Waals surface area contributed by atoms with Gasteiger partial charge in [-0.25, -0.2) is 0 Å². The van der Waals surface area contributed by atoms with Gasteiger partial charge >= 0.3 is 0 Å². The summed E-state index contributed by atoms with van der Waals surface area (Å²) in [7, 11) is -2.01. The molecule has 23 heavy (non-hydrogen) atoms. The molecule has 1 amide bonds. The Morgan fingerprint density at radius 1 is 1.30 bits per heavy atom. The van der Waals surface area contributed by atoms with Crippen molar-refractivity contribution in [1.29, 1.82) is 5.26 Å². The highest BCUT2D eigenvalue weighted by Gasteiger charge is 2.35. The van der Waals surface area contributed by atoms with E-state index in [9.17, 15) is 13.2 Å². The van der Waals surface area contributed by atoms with E-state index in [-0.39, 0.29) is 24.4 Å². The average Bonchev–Trinajstić information content (AvgIpc) is 2.55. The smallest absolute Gasteiger partial charge is 0.281 e. The molecule has 2 heterocycles. The summed E-state index contributed by atoms with van der Waals surface area (Å²) in [6.07, 6.45) is 4.00. The lowest BCUT2D eigenvalue weighted by Crippen LogP contribution is -2.52. The number of hydrogen-bond acceptors (Lipinski definition) is 4. The Morgan fingerprint density at radius 3 is 2.52 bits per heavy atom. The Balaban J connectivity index is 1.92. The van der Waals surface area contributed by atoms with Crippen LogP contribution in [0, 0.1) is 17.2 Å². The van der Waals surface area contributed by atoms with Crippen LogP contribution in [0.5, 0.6) is 0 Å². The molecule has 7 nitrogen and oxygen atoms in total. The van der Waals surface area contributed by atoms with Crippen LogP contribution in [0.2, 0.25) is 0 Å². The lowest BCUT2D eigenvalue weighted by molar-refractivity contribution is -0.136. The Morgan fingerprint density at radius 2 is 1.96 bits per heavy atom. The molecule has 0 aliphatic carbocycles. The van der Waals surface area contributed by atoms with E-state index in [4.69, 9.17) is 5.26 Å². The number of nitriles is 1. The number of piperidine rings is 2. The van der Waals surface area contributed by atoms with E-state index in [0.717, 1.165) is 19.4 Å². The van der Waals surface area contributed by atoms with Gasteiger partial charge in [-0.3, -0.25) is 4.79 Å². The van der Waals surface area contributed by atoms with Gasteiger partial charge in [-0.2, -0.15) is 22.3 Å². The lowest BCUT2D eigenvalue weighted by Gasteiger charge is -2.40. The maximum Gasteiger partial charge on any atom is 0.281 e. The van der Waals surface area contributed by atoms with Crippen molar-refractivity contribution in [2.24, 2.45) is 5.92 Å². The molecule has 2 saturated heterocycles. The van der Waals surface area contributed by atoms with Crippen LogP contribution < -0.4 is 0 Å². The van der Waals surface area contributed by atoms with E-state index < -0.39 is 10.2 Å². The number of carbonyl (C=O) groups is 1. The molecule has 8 heteroatoms. The summed E-state index contributed by atoms with van der Waals surface area (Å²) in [5, 5.41) is 8.84. The van der Waals surface area contributed by atoms with Gasteiger partial charge in [-0.05, 0) is 32.6 Å². The fourth-order valence-corrected chi connectivity index (χ4v) is 4.79. The van der Waals surface area contributed by atoms with E-state index in [1.165, 1.54) is 15.7 Å². The predicted octanol–water partition coefficient (Wildman–Crippen LogP) is 0.800. The first-order valence-corrected chi connectivity index (χ1v) is 9.66. The van der Waals surface area contributed by atoms with Crippen LogP contribution in [0.4, 0.5) is 0 Å².